The molecule has 0 radical (unpaired) electrons. The lowest BCUT2D eigenvalue weighted by atomic mass is 10.6. The summed E-state index contributed by atoms with van der Waals surface area (Å²) in [6, 6.07) is -0.464. The summed E-state index contributed by atoms with van der Waals surface area (Å²) in [7, 11) is 1.60. The molecule has 0 unspecified atom stereocenters. The number of imide groups is 1. The van der Waals surface area contributed by atoms with Crippen LogP contribution >= 0.6 is 12.2 Å². The van der Waals surface area contributed by atoms with Gasteiger partial charge in [0.05, 0.1) is 0 Å². The van der Waals surface area contributed by atoms with E-state index in [1.807, 2.05) is 0 Å². The van der Waals surface area contributed by atoms with Crippen molar-refractivity contribution in [1.82, 2.24) is 15.5 Å². The largest absolute Gasteiger partial charge is 0.365 e. The third-order valence-corrected chi connectivity index (χ3v) is 1.68. The summed E-state index contributed by atoms with van der Waals surface area (Å²) >= 11 is 4.75. The molecule has 0 aromatic rings. The van der Waals surface area contributed by atoms with Gasteiger partial charge in [0, 0.05) is 7.05 Å². The molecule has 0 aromatic carbocycles. The van der Waals surface area contributed by atoms with Crippen molar-refractivity contribution >= 4 is 29.3 Å². The van der Waals surface area contributed by atoms with E-state index in [-0.39, 0.29) is 17.6 Å². The second-order valence-electron chi connectivity index (χ2n) is 1.99. The molecule has 6 heteroatoms. The Morgan fingerprint density at radius 2 is 2.36 bits per heavy atom. The summed E-state index contributed by atoms with van der Waals surface area (Å²) in [6.45, 7) is 0.0124. The molecule has 0 saturated carbocycles. The van der Waals surface area contributed by atoms with Crippen molar-refractivity contribution < 1.29 is 9.59 Å². The van der Waals surface area contributed by atoms with E-state index in [0.29, 0.717) is 0 Å². The van der Waals surface area contributed by atoms with Crippen LogP contribution in [0.2, 0.25) is 0 Å². The van der Waals surface area contributed by atoms with E-state index in [4.69, 9.17) is 12.2 Å². The van der Waals surface area contributed by atoms with E-state index >= 15 is 0 Å². The lowest BCUT2D eigenvalue weighted by Gasteiger charge is -2.12. The summed E-state index contributed by atoms with van der Waals surface area (Å²) in [5.74, 6) is -0.326. The molecule has 0 spiro atoms. The number of urea groups is 1. The Bertz CT molecular complexity index is 228. The number of nitrogens with one attached hydrogen (secondary N) is 2. The maximum Gasteiger partial charge on any atom is 0.330 e. The van der Waals surface area contributed by atoms with Crippen LogP contribution < -0.4 is 10.6 Å². The van der Waals surface area contributed by atoms with Gasteiger partial charge in [0.1, 0.15) is 6.54 Å². The summed E-state index contributed by atoms with van der Waals surface area (Å²) in [4.78, 5) is 22.6. The van der Waals surface area contributed by atoms with Gasteiger partial charge in [0.25, 0.3) is 0 Å². The predicted octanol–water partition coefficient (Wildman–Crippen LogP) is -0.957. The Morgan fingerprint density at radius 1 is 1.73 bits per heavy atom. The van der Waals surface area contributed by atoms with Crippen molar-refractivity contribution in [2.24, 2.45) is 0 Å². The van der Waals surface area contributed by atoms with Gasteiger partial charge in [-0.05, 0) is 12.2 Å². The fraction of sp³-hybridized carbons (Fsp3) is 0.400. The molecule has 0 aliphatic carbocycles. The van der Waals surface area contributed by atoms with Gasteiger partial charge in [-0.25, -0.2) is 4.79 Å². The Balaban J connectivity index is 2.67. The normalized spacial score (nSPS) is 16.6. The third-order valence-electron chi connectivity index (χ3n) is 1.25. The van der Waals surface area contributed by atoms with Crippen LogP contribution in [0.5, 0.6) is 0 Å². The van der Waals surface area contributed by atoms with Crippen LogP contribution in [0.15, 0.2) is 0 Å². The molecule has 0 bridgehead atoms. The van der Waals surface area contributed by atoms with E-state index in [0.717, 1.165) is 4.90 Å². The van der Waals surface area contributed by atoms with Crippen LogP contribution in [-0.4, -0.2) is 35.5 Å². The van der Waals surface area contributed by atoms with Crippen LogP contribution in [0.4, 0.5) is 4.79 Å². The van der Waals surface area contributed by atoms with E-state index in [1.165, 1.54) is 0 Å². The minimum Gasteiger partial charge on any atom is -0.365 e. The molecular formula is C5H7N3O2S. The van der Waals surface area contributed by atoms with Gasteiger partial charge in [-0.1, -0.05) is 0 Å². The van der Waals surface area contributed by atoms with Crippen LogP contribution in [0.25, 0.3) is 0 Å². The molecule has 1 saturated heterocycles. The zero-order valence-electron chi connectivity index (χ0n) is 5.88. The molecule has 0 aromatic heterocycles. The first-order valence-corrected chi connectivity index (χ1v) is 3.39. The van der Waals surface area contributed by atoms with Crippen LogP contribution in [0.3, 0.4) is 0 Å². The number of hydrogen-bond donors (Lipinski definition) is 2. The monoisotopic (exact) mass is 173 g/mol. The Kier molecular flexibility index (Phi) is 2.04. The number of thiocarbonyl (C=S) groups is 1. The first-order valence-electron chi connectivity index (χ1n) is 2.98. The first kappa shape index (κ1) is 7.93. The van der Waals surface area contributed by atoms with Gasteiger partial charge in [-0.2, -0.15) is 0 Å². The van der Waals surface area contributed by atoms with Gasteiger partial charge in [-0.3, -0.25) is 15.0 Å². The second-order valence-corrected chi connectivity index (χ2v) is 2.38. The maximum atomic E-state index is 10.9. The quantitative estimate of drug-likeness (QED) is 0.366. The molecule has 60 valence electrons. The second kappa shape index (κ2) is 2.83. The fourth-order valence-corrected chi connectivity index (χ4v) is 0.888. The van der Waals surface area contributed by atoms with E-state index in [9.17, 15) is 9.59 Å². The van der Waals surface area contributed by atoms with Crippen LogP contribution in [0.1, 0.15) is 0 Å². The Morgan fingerprint density at radius 3 is 2.73 bits per heavy atom. The highest BCUT2D eigenvalue weighted by Gasteiger charge is 2.28. The van der Waals surface area contributed by atoms with Gasteiger partial charge in [0.2, 0.25) is 5.91 Å². The highest BCUT2D eigenvalue weighted by Crippen LogP contribution is 1.97. The minimum atomic E-state index is -0.464. The van der Waals surface area contributed by atoms with Crippen molar-refractivity contribution in [2.75, 3.05) is 13.6 Å². The molecule has 1 aliphatic heterocycles. The van der Waals surface area contributed by atoms with Gasteiger partial charge in [0.15, 0.2) is 5.11 Å². The number of carbonyl (C=O) groups is 2. The number of hydrogen-bond acceptors (Lipinski definition) is 3. The zero-order chi connectivity index (χ0) is 8.43. The number of carbonyl (C=O) groups excluding carboxylic acids is 2. The molecule has 5 nitrogen and oxygen atoms in total. The Hall–Kier alpha value is -1.17. The number of rotatable bonds is 0. The molecule has 3 amide bonds. The third kappa shape index (κ3) is 1.45. The molecular weight excluding hydrogens is 166 g/mol. The molecule has 11 heavy (non-hydrogen) atoms. The zero-order valence-corrected chi connectivity index (χ0v) is 6.70. The smallest absolute Gasteiger partial charge is 0.330 e. The fourth-order valence-electron chi connectivity index (χ4n) is 0.741. The number of amides is 3. The summed E-state index contributed by atoms with van der Waals surface area (Å²) in [5.41, 5.74) is 0. The summed E-state index contributed by atoms with van der Waals surface area (Å²) < 4.78 is 0. The molecule has 2 N–H and O–H groups in total. The van der Waals surface area contributed by atoms with E-state index in [1.54, 1.807) is 7.05 Å². The van der Waals surface area contributed by atoms with Crippen LogP contribution in [-0.2, 0) is 4.79 Å². The molecule has 1 fully saturated rings. The topological polar surface area (TPSA) is 61.4 Å². The minimum absolute atomic E-state index is 0.0124. The maximum absolute atomic E-state index is 10.9. The highest BCUT2D eigenvalue weighted by atomic mass is 32.1. The molecule has 1 aliphatic rings. The van der Waals surface area contributed by atoms with E-state index in [2.05, 4.69) is 10.6 Å². The van der Waals surface area contributed by atoms with Crippen molar-refractivity contribution in [3.05, 3.63) is 0 Å². The summed E-state index contributed by atoms with van der Waals surface area (Å²) in [6.07, 6.45) is 0. The number of nitrogens with zero attached hydrogens (tertiary/aromatic N) is 1. The van der Waals surface area contributed by atoms with Crippen molar-refractivity contribution in [3.63, 3.8) is 0 Å². The van der Waals surface area contributed by atoms with Gasteiger partial charge < -0.3 is 5.32 Å². The van der Waals surface area contributed by atoms with Crippen molar-refractivity contribution in [3.8, 4) is 0 Å². The Labute approximate surface area is 68.7 Å². The lowest BCUT2D eigenvalue weighted by molar-refractivity contribution is -0.118. The molecule has 1 rings (SSSR count). The average molecular weight is 173 g/mol. The van der Waals surface area contributed by atoms with Crippen molar-refractivity contribution in [1.29, 1.82) is 0 Å². The first-order chi connectivity index (χ1) is 5.15. The van der Waals surface area contributed by atoms with Crippen LogP contribution in [0, 0.1) is 0 Å². The van der Waals surface area contributed by atoms with Gasteiger partial charge in [-0.15, -0.1) is 0 Å². The van der Waals surface area contributed by atoms with E-state index < -0.39 is 6.03 Å². The summed E-state index contributed by atoms with van der Waals surface area (Å²) in [5, 5.41) is 4.96. The lowest BCUT2D eigenvalue weighted by Crippen LogP contribution is -2.39. The molecule has 1 heterocycles. The SMILES string of the molecule is CNC(=S)N1CC(=O)NC1=O. The van der Waals surface area contributed by atoms with Gasteiger partial charge >= 0.3 is 6.03 Å². The average Bonchev–Trinajstić information content (AvgIpc) is 2.28. The highest BCUT2D eigenvalue weighted by molar-refractivity contribution is 7.80. The van der Waals surface area contributed by atoms with Crippen molar-refractivity contribution in [2.45, 2.75) is 0 Å². The molecule has 0 atom stereocenters. The standard InChI is InChI=1S/C5H7N3O2S/c1-6-5(11)8-2-3(9)7-4(8)10/h2H2,1H3,(H,6,11)(H,7,9,10). The predicted molar refractivity (Wildman–Crippen MR) is 41.9 cm³/mol.